The average molecular weight is 360 g/mol. The lowest BCUT2D eigenvalue weighted by Gasteiger charge is -2.37. The van der Waals surface area contributed by atoms with Crippen LogP contribution in [-0.2, 0) is 17.8 Å². The van der Waals surface area contributed by atoms with Crippen LogP contribution in [0.25, 0.3) is 0 Å². The van der Waals surface area contributed by atoms with Crippen LogP contribution < -0.4 is 5.73 Å². The Morgan fingerprint density at radius 3 is 2.39 bits per heavy atom. The van der Waals surface area contributed by atoms with Crippen molar-refractivity contribution >= 4 is 30.7 Å². The van der Waals surface area contributed by atoms with Crippen LogP contribution in [-0.4, -0.2) is 47.4 Å². The quantitative estimate of drug-likeness (QED) is 0.880. The minimum Gasteiger partial charge on any atom is -0.341 e. The summed E-state index contributed by atoms with van der Waals surface area (Å²) in [5.74, 6) is 0.265. The molecule has 130 valence electrons. The molecule has 6 heteroatoms. The topological polar surface area (TPSA) is 49.6 Å². The number of rotatable bonds is 2. The van der Waals surface area contributed by atoms with E-state index in [0.717, 1.165) is 45.4 Å². The normalized spacial score (nSPS) is 20.0. The minimum absolute atomic E-state index is 0. The first kappa shape index (κ1) is 20.2. The number of nitrogens with zero attached hydrogens (tertiary/aromatic N) is 2. The molecule has 2 heterocycles. The van der Waals surface area contributed by atoms with Gasteiger partial charge in [-0.05, 0) is 37.3 Å². The largest absolute Gasteiger partial charge is 0.341 e. The predicted octanol–water partition coefficient (Wildman–Crippen LogP) is 2.23. The van der Waals surface area contributed by atoms with Gasteiger partial charge in [0.1, 0.15) is 0 Å². The number of hydrogen-bond donors (Lipinski definition) is 1. The van der Waals surface area contributed by atoms with Crippen molar-refractivity contribution in [2.75, 3.05) is 19.6 Å². The number of benzene rings is 1. The number of halogens is 2. The number of fused-ring (bicyclic) bond motifs is 1. The summed E-state index contributed by atoms with van der Waals surface area (Å²) in [6.45, 7) is 5.53. The maximum Gasteiger partial charge on any atom is 0.239 e. The molecule has 1 atom stereocenters. The molecule has 1 saturated heterocycles. The lowest BCUT2D eigenvalue weighted by Crippen LogP contribution is -2.51. The number of carbonyl (C=O) groups excluding carboxylic acids is 1. The summed E-state index contributed by atoms with van der Waals surface area (Å²) in [5, 5.41) is 0. The Morgan fingerprint density at radius 2 is 1.74 bits per heavy atom. The lowest BCUT2D eigenvalue weighted by atomic mass is 9.98. The van der Waals surface area contributed by atoms with Crippen LogP contribution >= 0.6 is 24.8 Å². The number of nitrogens with two attached hydrogens (primary N) is 1. The van der Waals surface area contributed by atoms with Gasteiger partial charge in [0.05, 0.1) is 6.04 Å². The standard InChI is InChI=1S/C17H25N3O.2ClH/c1-13(17(21)19-10-7-16(18)8-11-19)20-9-6-14-4-2-3-5-15(14)12-20;;/h2-5,13,16H,6-12,18H2,1H3;2*1H. The smallest absolute Gasteiger partial charge is 0.239 e. The second kappa shape index (κ2) is 8.88. The van der Waals surface area contributed by atoms with Crippen LogP contribution in [0.4, 0.5) is 0 Å². The highest BCUT2D eigenvalue weighted by Gasteiger charge is 2.30. The van der Waals surface area contributed by atoms with Crippen molar-refractivity contribution in [1.29, 1.82) is 0 Å². The molecule has 1 unspecified atom stereocenters. The second-order valence-corrected chi connectivity index (χ2v) is 6.33. The fraction of sp³-hybridized carbons (Fsp3) is 0.588. The maximum absolute atomic E-state index is 12.7. The molecule has 0 spiro atoms. The highest BCUT2D eigenvalue weighted by Crippen LogP contribution is 2.21. The SMILES string of the molecule is CC(C(=O)N1CCC(N)CC1)N1CCc2ccccc2C1.Cl.Cl. The molecule has 2 aliphatic heterocycles. The van der Waals surface area contributed by atoms with E-state index >= 15 is 0 Å². The summed E-state index contributed by atoms with van der Waals surface area (Å²) in [6, 6.07) is 8.80. The first-order chi connectivity index (χ1) is 10.1. The third-order valence-electron chi connectivity index (χ3n) is 4.92. The van der Waals surface area contributed by atoms with Crippen LogP contribution in [0, 0.1) is 0 Å². The van der Waals surface area contributed by atoms with Crippen molar-refractivity contribution in [3.63, 3.8) is 0 Å². The predicted molar refractivity (Wildman–Crippen MR) is 98.3 cm³/mol. The van der Waals surface area contributed by atoms with Gasteiger partial charge in [-0.2, -0.15) is 0 Å². The zero-order chi connectivity index (χ0) is 14.8. The monoisotopic (exact) mass is 359 g/mol. The van der Waals surface area contributed by atoms with E-state index in [2.05, 4.69) is 29.2 Å². The summed E-state index contributed by atoms with van der Waals surface area (Å²) in [4.78, 5) is 17.0. The van der Waals surface area contributed by atoms with Crippen molar-refractivity contribution < 1.29 is 4.79 Å². The fourth-order valence-corrected chi connectivity index (χ4v) is 3.39. The molecule has 1 fully saturated rings. The first-order valence-electron chi connectivity index (χ1n) is 8.00. The Morgan fingerprint density at radius 1 is 1.13 bits per heavy atom. The van der Waals surface area contributed by atoms with E-state index in [4.69, 9.17) is 5.73 Å². The second-order valence-electron chi connectivity index (χ2n) is 6.33. The number of hydrogen-bond acceptors (Lipinski definition) is 3. The van der Waals surface area contributed by atoms with Crippen LogP contribution in [0.3, 0.4) is 0 Å². The van der Waals surface area contributed by atoms with E-state index in [9.17, 15) is 4.79 Å². The Bertz CT molecular complexity index is 518. The molecule has 2 N–H and O–H groups in total. The third-order valence-corrected chi connectivity index (χ3v) is 4.92. The van der Waals surface area contributed by atoms with Gasteiger partial charge >= 0.3 is 0 Å². The van der Waals surface area contributed by atoms with Crippen LogP contribution in [0.1, 0.15) is 30.9 Å². The van der Waals surface area contributed by atoms with Gasteiger partial charge in [-0.3, -0.25) is 9.69 Å². The Balaban J connectivity index is 0.00000132. The van der Waals surface area contributed by atoms with E-state index in [0.29, 0.717) is 0 Å². The fourth-order valence-electron chi connectivity index (χ4n) is 3.39. The molecule has 1 aromatic rings. The number of piperidine rings is 1. The lowest BCUT2D eigenvalue weighted by molar-refractivity contribution is -0.137. The van der Waals surface area contributed by atoms with E-state index in [1.165, 1.54) is 11.1 Å². The van der Waals surface area contributed by atoms with E-state index in [1.54, 1.807) is 0 Å². The maximum atomic E-state index is 12.7. The zero-order valence-corrected chi connectivity index (χ0v) is 15.2. The molecule has 3 rings (SSSR count). The van der Waals surface area contributed by atoms with Crippen LogP contribution in [0.15, 0.2) is 24.3 Å². The molecule has 0 saturated carbocycles. The van der Waals surface area contributed by atoms with Crippen molar-refractivity contribution in [1.82, 2.24) is 9.80 Å². The van der Waals surface area contributed by atoms with Gasteiger partial charge < -0.3 is 10.6 Å². The first-order valence-corrected chi connectivity index (χ1v) is 8.00. The Kier molecular flexibility index (Phi) is 7.81. The third kappa shape index (κ3) is 4.60. The number of likely N-dealkylation sites (tertiary alicyclic amines) is 1. The Hall–Kier alpha value is -0.810. The van der Waals surface area contributed by atoms with Gasteiger partial charge in [-0.1, -0.05) is 24.3 Å². The highest BCUT2D eigenvalue weighted by atomic mass is 35.5. The molecule has 0 bridgehead atoms. The molecule has 1 amide bonds. The van der Waals surface area contributed by atoms with Crippen LogP contribution in [0.2, 0.25) is 0 Å². The molecule has 2 aliphatic rings. The number of carbonyl (C=O) groups is 1. The summed E-state index contributed by atoms with van der Waals surface area (Å²) in [7, 11) is 0. The molecule has 0 aromatic heterocycles. The molecular formula is C17H27Cl2N3O. The van der Waals surface area contributed by atoms with Crippen LogP contribution in [0.5, 0.6) is 0 Å². The number of amides is 1. The average Bonchev–Trinajstić information content (AvgIpc) is 2.54. The molecule has 23 heavy (non-hydrogen) atoms. The Labute approximate surface area is 151 Å². The van der Waals surface area contributed by atoms with E-state index < -0.39 is 0 Å². The van der Waals surface area contributed by atoms with Crippen molar-refractivity contribution in [3.05, 3.63) is 35.4 Å². The summed E-state index contributed by atoms with van der Waals surface area (Å²) < 4.78 is 0. The molecular weight excluding hydrogens is 333 g/mol. The molecule has 0 radical (unpaired) electrons. The van der Waals surface area contributed by atoms with Crippen molar-refractivity contribution in [2.45, 2.75) is 44.8 Å². The summed E-state index contributed by atoms with van der Waals surface area (Å²) >= 11 is 0. The van der Waals surface area contributed by atoms with Gasteiger partial charge in [-0.15, -0.1) is 24.8 Å². The molecule has 1 aromatic carbocycles. The van der Waals surface area contributed by atoms with Gasteiger partial charge in [0, 0.05) is 32.2 Å². The summed E-state index contributed by atoms with van der Waals surface area (Å²) in [5.41, 5.74) is 8.71. The van der Waals surface area contributed by atoms with E-state index in [-0.39, 0.29) is 42.8 Å². The highest BCUT2D eigenvalue weighted by molar-refractivity contribution is 5.85. The van der Waals surface area contributed by atoms with E-state index in [1.807, 2.05) is 11.8 Å². The van der Waals surface area contributed by atoms with Gasteiger partial charge in [0.15, 0.2) is 0 Å². The summed E-state index contributed by atoms with van der Waals surface area (Å²) in [6.07, 6.45) is 2.90. The zero-order valence-electron chi connectivity index (χ0n) is 13.6. The van der Waals surface area contributed by atoms with Gasteiger partial charge in [0.2, 0.25) is 5.91 Å². The van der Waals surface area contributed by atoms with Crippen molar-refractivity contribution in [2.24, 2.45) is 5.73 Å². The molecule has 4 nitrogen and oxygen atoms in total. The van der Waals surface area contributed by atoms with Gasteiger partial charge in [0.25, 0.3) is 0 Å². The minimum atomic E-state index is -0.0346. The van der Waals surface area contributed by atoms with Crippen molar-refractivity contribution in [3.8, 4) is 0 Å². The molecule has 0 aliphatic carbocycles. The van der Waals surface area contributed by atoms with Gasteiger partial charge in [-0.25, -0.2) is 0 Å².